The third kappa shape index (κ3) is 4.23. The van der Waals surface area contributed by atoms with E-state index in [1.165, 1.54) is 0 Å². The minimum Gasteiger partial charge on any atom is -0.772 e. The van der Waals surface area contributed by atoms with Gasteiger partial charge >= 0.3 is 29.6 Å². The Morgan fingerprint density at radius 1 is 1.54 bits per heavy atom. The third-order valence-corrected chi connectivity index (χ3v) is 3.06. The van der Waals surface area contributed by atoms with Crippen LogP contribution in [0.25, 0.3) is 0 Å². The first-order chi connectivity index (χ1) is 5.61. The molecule has 0 fully saturated rings. The molecule has 0 aromatic heterocycles. The Hall–Kier alpha value is 0.810. The quantitative estimate of drug-likeness (QED) is 0.519. The van der Waals surface area contributed by atoms with E-state index in [0.29, 0.717) is 0 Å². The van der Waals surface area contributed by atoms with Gasteiger partial charge in [-0.05, 0) is 24.1 Å². The van der Waals surface area contributed by atoms with Crippen LogP contribution in [-0.2, 0) is 16.8 Å². The molecule has 0 aliphatic heterocycles. The fourth-order valence-corrected chi connectivity index (χ4v) is 1.91. The zero-order valence-corrected chi connectivity index (χ0v) is 11.9. The Morgan fingerprint density at radius 2 is 2.15 bits per heavy atom. The Labute approximate surface area is 111 Å². The molecule has 5 heteroatoms. The first-order valence-electron chi connectivity index (χ1n) is 3.41. The van der Waals surface area contributed by atoms with E-state index in [9.17, 15) is 8.76 Å². The molecule has 0 aliphatic carbocycles. The van der Waals surface area contributed by atoms with E-state index in [1.807, 2.05) is 25.1 Å². The predicted octanol–water partition coefficient (Wildman–Crippen LogP) is -0.859. The topological polar surface area (TPSA) is 40.1 Å². The van der Waals surface area contributed by atoms with Crippen LogP contribution in [0.5, 0.6) is 0 Å². The molecule has 0 aliphatic rings. The van der Waals surface area contributed by atoms with E-state index in [1.54, 1.807) is 0 Å². The van der Waals surface area contributed by atoms with Crippen LogP contribution in [0, 0.1) is 6.92 Å². The van der Waals surface area contributed by atoms with Crippen molar-refractivity contribution in [2.75, 3.05) is 0 Å². The molecule has 0 radical (unpaired) electrons. The molecule has 66 valence electrons. The predicted molar refractivity (Wildman–Crippen MR) is 51.5 cm³/mol. The summed E-state index contributed by atoms with van der Waals surface area (Å²) in [5.41, 5.74) is 1.83. The molecule has 0 spiro atoms. The molecular weight excluding hydrogens is 263 g/mol. The van der Waals surface area contributed by atoms with Crippen molar-refractivity contribution in [3.63, 3.8) is 0 Å². The molecule has 1 atom stereocenters. The first-order valence-corrected chi connectivity index (χ1v) is 5.45. The summed E-state index contributed by atoms with van der Waals surface area (Å²) >= 11 is 1.33. The largest absolute Gasteiger partial charge is 1.00 e. The number of halogens is 1. The second-order valence-corrected chi connectivity index (χ2v) is 4.22. The zero-order chi connectivity index (χ0) is 9.14. The number of hydrogen-bond donors (Lipinski definition) is 0. The van der Waals surface area contributed by atoms with Crippen molar-refractivity contribution in [3.05, 3.63) is 33.8 Å². The van der Waals surface area contributed by atoms with Crippen LogP contribution in [0.15, 0.2) is 22.7 Å². The monoisotopic (exact) mass is 270 g/mol. The fourth-order valence-electron chi connectivity index (χ4n) is 0.935. The Balaban J connectivity index is 0.00000144. The van der Waals surface area contributed by atoms with Gasteiger partial charge in [-0.1, -0.05) is 39.1 Å². The van der Waals surface area contributed by atoms with E-state index in [0.717, 1.165) is 15.6 Å². The molecule has 1 rings (SSSR count). The van der Waals surface area contributed by atoms with Gasteiger partial charge in [0.25, 0.3) is 0 Å². The molecule has 0 heterocycles. The van der Waals surface area contributed by atoms with Crippen molar-refractivity contribution in [2.45, 2.75) is 12.7 Å². The van der Waals surface area contributed by atoms with Crippen LogP contribution in [0.4, 0.5) is 0 Å². The summed E-state index contributed by atoms with van der Waals surface area (Å²) in [5, 5.41) is 0. The fraction of sp³-hybridized carbons (Fsp3) is 0.250. The second kappa shape index (κ2) is 6.32. The summed E-state index contributed by atoms with van der Waals surface area (Å²) in [4.78, 5) is 0. The van der Waals surface area contributed by atoms with Crippen LogP contribution < -0.4 is 29.6 Å². The molecule has 0 N–H and O–H groups in total. The van der Waals surface area contributed by atoms with Gasteiger partial charge in [0.15, 0.2) is 0 Å². The van der Waals surface area contributed by atoms with E-state index in [4.69, 9.17) is 0 Å². The Bertz CT molecular complexity index is 317. The molecule has 1 unspecified atom stereocenters. The van der Waals surface area contributed by atoms with Gasteiger partial charge in [0, 0.05) is 10.2 Å². The number of rotatable bonds is 2. The zero-order valence-electron chi connectivity index (χ0n) is 7.54. The molecule has 1 aromatic rings. The third-order valence-electron chi connectivity index (χ3n) is 1.65. The first kappa shape index (κ1) is 13.8. The molecule has 13 heavy (non-hydrogen) atoms. The van der Waals surface area contributed by atoms with E-state index in [2.05, 4.69) is 15.9 Å². The van der Waals surface area contributed by atoms with Gasteiger partial charge in [0.1, 0.15) is 0 Å². The standard InChI is InChI=1S/C8H9BrO2S.Na/c1-6-7(5-12(10)11)3-2-4-8(6)9;/h2-4H,5H2,1H3,(H,10,11);/q;+1/p-1. The van der Waals surface area contributed by atoms with Gasteiger partial charge in [-0.25, -0.2) is 0 Å². The number of benzene rings is 1. The van der Waals surface area contributed by atoms with Crippen molar-refractivity contribution in [3.8, 4) is 0 Å². The SMILES string of the molecule is Cc1c(Br)cccc1CS(=O)[O-].[Na+]. The Morgan fingerprint density at radius 3 is 2.69 bits per heavy atom. The van der Waals surface area contributed by atoms with Crippen molar-refractivity contribution in [2.24, 2.45) is 0 Å². The molecular formula is C8H8BrNaO2S. The van der Waals surface area contributed by atoms with E-state index < -0.39 is 11.1 Å². The van der Waals surface area contributed by atoms with Crippen LogP contribution in [0.2, 0.25) is 0 Å². The van der Waals surface area contributed by atoms with Crippen molar-refractivity contribution < 1.29 is 38.3 Å². The van der Waals surface area contributed by atoms with Gasteiger partial charge in [-0.15, -0.1) is 0 Å². The van der Waals surface area contributed by atoms with Crippen molar-refractivity contribution in [1.82, 2.24) is 0 Å². The molecule has 0 saturated carbocycles. The summed E-state index contributed by atoms with van der Waals surface area (Å²) in [6.07, 6.45) is 0. The van der Waals surface area contributed by atoms with E-state index in [-0.39, 0.29) is 35.3 Å². The van der Waals surface area contributed by atoms with Gasteiger partial charge < -0.3 is 4.55 Å². The molecule has 1 aromatic carbocycles. The maximum absolute atomic E-state index is 10.4. The maximum Gasteiger partial charge on any atom is 1.00 e. The van der Waals surface area contributed by atoms with Crippen LogP contribution in [0.3, 0.4) is 0 Å². The normalized spacial score (nSPS) is 11.9. The Kier molecular flexibility index (Phi) is 6.72. The van der Waals surface area contributed by atoms with Gasteiger partial charge in [-0.3, -0.25) is 4.21 Å². The smallest absolute Gasteiger partial charge is 0.772 e. The minimum absolute atomic E-state index is 0. The van der Waals surface area contributed by atoms with Crippen LogP contribution in [0.1, 0.15) is 11.1 Å². The average molecular weight is 271 g/mol. The summed E-state index contributed by atoms with van der Waals surface area (Å²) in [7, 11) is 0. The van der Waals surface area contributed by atoms with Crippen LogP contribution in [-0.4, -0.2) is 8.76 Å². The average Bonchev–Trinajstić information content (AvgIpc) is 1.98. The number of hydrogen-bond acceptors (Lipinski definition) is 2. The van der Waals surface area contributed by atoms with E-state index >= 15 is 0 Å². The van der Waals surface area contributed by atoms with Crippen LogP contribution >= 0.6 is 15.9 Å². The summed E-state index contributed by atoms with van der Waals surface area (Å²) in [6.45, 7) is 1.90. The van der Waals surface area contributed by atoms with Gasteiger partial charge in [0.2, 0.25) is 0 Å². The molecule has 0 bridgehead atoms. The molecule has 0 saturated heterocycles. The minimum atomic E-state index is -2.01. The molecule has 0 amide bonds. The summed E-state index contributed by atoms with van der Waals surface area (Å²) < 4.78 is 21.8. The molecule has 2 nitrogen and oxygen atoms in total. The van der Waals surface area contributed by atoms with Crippen molar-refractivity contribution in [1.29, 1.82) is 0 Å². The van der Waals surface area contributed by atoms with Crippen molar-refractivity contribution >= 4 is 27.0 Å². The maximum atomic E-state index is 10.4. The summed E-state index contributed by atoms with van der Waals surface area (Å²) in [6, 6.07) is 5.54. The van der Waals surface area contributed by atoms with Gasteiger partial charge in [0.05, 0.1) is 0 Å². The van der Waals surface area contributed by atoms with Gasteiger partial charge in [-0.2, -0.15) is 0 Å². The second-order valence-electron chi connectivity index (χ2n) is 2.47. The summed E-state index contributed by atoms with van der Waals surface area (Å²) in [5.74, 6) is 0.0886.